The third kappa shape index (κ3) is 5.03. The summed E-state index contributed by atoms with van der Waals surface area (Å²) in [4.78, 5) is 40.0. The van der Waals surface area contributed by atoms with Crippen molar-refractivity contribution in [2.75, 3.05) is 19.4 Å². The smallest absolute Gasteiger partial charge is 0.289 e. The molecular weight excluding hydrogens is 436 g/mol. The van der Waals surface area contributed by atoms with Crippen LogP contribution in [-0.2, 0) is 17.9 Å². The van der Waals surface area contributed by atoms with Gasteiger partial charge in [-0.3, -0.25) is 19.3 Å². The van der Waals surface area contributed by atoms with Gasteiger partial charge in [0.2, 0.25) is 5.91 Å². The fourth-order valence-corrected chi connectivity index (χ4v) is 4.60. The minimum absolute atomic E-state index is 0.139. The number of nitrogens with zero attached hydrogens (tertiary/aromatic N) is 2. The molecule has 170 valence electrons. The molecule has 0 aromatic heterocycles. The lowest BCUT2D eigenvalue weighted by molar-refractivity contribution is -0.125. The van der Waals surface area contributed by atoms with E-state index in [1.807, 2.05) is 42.5 Å². The minimum atomic E-state index is -0.246. The van der Waals surface area contributed by atoms with Crippen molar-refractivity contribution in [3.63, 3.8) is 0 Å². The van der Waals surface area contributed by atoms with Gasteiger partial charge in [0.25, 0.3) is 11.1 Å². The first-order valence-electron chi connectivity index (χ1n) is 10.9. The molecular formula is C26H26N2O4S. The predicted molar refractivity (Wildman–Crippen MR) is 130 cm³/mol. The minimum Gasteiger partial charge on any atom is -0.493 e. The van der Waals surface area contributed by atoms with Gasteiger partial charge < -0.3 is 9.64 Å². The summed E-state index contributed by atoms with van der Waals surface area (Å²) in [6, 6.07) is 19.2. The van der Waals surface area contributed by atoms with Crippen molar-refractivity contribution >= 4 is 39.6 Å². The second-order valence-electron chi connectivity index (χ2n) is 8.01. The van der Waals surface area contributed by atoms with E-state index in [0.29, 0.717) is 18.7 Å². The molecule has 3 amide bonds. The van der Waals surface area contributed by atoms with Gasteiger partial charge in [0.15, 0.2) is 0 Å². The molecule has 0 saturated carbocycles. The van der Waals surface area contributed by atoms with Crippen LogP contribution in [0.3, 0.4) is 0 Å². The molecule has 1 aliphatic rings. The Hall–Kier alpha value is -3.32. The van der Waals surface area contributed by atoms with Crippen LogP contribution in [0.5, 0.6) is 5.75 Å². The number of amides is 3. The first kappa shape index (κ1) is 22.9. The molecule has 0 radical (unpaired) electrons. The van der Waals surface area contributed by atoms with Crippen LogP contribution in [0.4, 0.5) is 4.79 Å². The summed E-state index contributed by atoms with van der Waals surface area (Å²) < 4.78 is 5.99. The molecule has 1 fully saturated rings. The van der Waals surface area contributed by atoms with E-state index >= 15 is 0 Å². The van der Waals surface area contributed by atoms with Gasteiger partial charge in [0.05, 0.1) is 18.9 Å². The number of fused-ring (bicyclic) bond motifs is 1. The van der Waals surface area contributed by atoms with Gasteiger partial charge in [-0.25, -0.2) is 0 Å². The number of hydrogen-bond acceptors (Lipinski definition) is 5. The Morgan fingerprint density at radius 1 is 1.09 bits per heavy atom. The van der Waals surface area contributed by atoms with Gasteiger partial charge in [-0.1, -0.05) is 61.2 Å². The van der Waals surface area contributed by atoms with Crippen molar-refractivity contribution in [3.8, 4) is 5.75 Å². The average molecular weight is 463 g/mol. The van der Waals surface area contributed by atoms with Gasteiger partial charge in [0, 0.05) is 24.7 Å². The van der Waals surface area contributed by atoms with Crippen LogP contribution in [-0.4, -0.2) is 46.3 Å². The van der Waals surface area contributed by atoms with Crippen molar-refractivity contribution in [1.82, 2.24) is 9.80 Å². The largest absolute Gasteiger partial charge is 0.493 e. The van der Waals surface area contributed by atoms with Crippen LogP contribution < -0.4 is 4.74 Å². The van der Waals surface area contributed by atoms with E-state index in [-0.39, 0.29) is 29.4 Å². The number of hydrogen-bond donors (Lipinski definition) is 0. The predicted octanol–water partition coefficient (Wildman–Crippen LogP) is 5.10. The topological polar surface area (TPSA) is 66.9 Å². The highest BCUT2D eigenvalue weighted by molar-refractivity contribution is 8.14. The summed E-state index contributed by atoms with van der Waals surface area (Å²) in [6.07, 6.45) is 0.897. The number of imide groups is 1. The Morgan fingerprint density at radius 3 is 2.67 bits per heavy atom. The highest BCUT2D eigenvalue weighted by atomic mass is 32.2. The normalized spacial score (nSPS) is 13.6. The molecule has 0 unspecified atom stereocenters. The van der Waals surface area contributed by atoms with Crippen LogP contribution in [0.25, 0.3) is 10.8 Å². The Labute approximate surface area is 197 Å². The van der Waals surface area contributed by atoms with E-state index in [4.69, 9.17) is 4.74 Å². The lowest BCUT2D eigenvalue weighted by atomic mass is 10.0. The molecule has 3 aromatic rings. The lowest BCUT2D eigenvalue weighted by Crippen LogP contribution is -2.29. The standard InChI is InChI=1S/C26H26N2O4S/c1-3-13-32-23-12-11-19-8-4-5-10-21(19)22(23)16-27(2)25(30)20-9-6-7-18(14-20)15-28-24(29)17-33-26(28)31/h4-12,14H,3,13,15-17H2,1-2H3. The molecule has 3 aromatic carbocycles. The monoisotopic (exact) mass is 462 g/mol. The van der Waals surface area contributed by atoms with E-state index in [1.54, 1.807) is 30.1 Å². The first-order chi connectivity index (χ1) is 16.0. The summed E-state index contributed by atoms with van der Waals surface area (Å²) in [6.45, 7) is 3.24. The second-order valence-corrected chi connectivity index (χ2v) is 8.93. The highest BCUT2D eigenvalue weighted by Crippen LogP contribution is 2.30. The fourth-order valence-electron chi connectivity index (χ4n) is 3.87. The van der Waals surface area contributed by atoms with Gasteiger partial charge in [-0.15, -0.1) is 0 Å². The molecule has 0 bridgehead atoms. The van der Waals surface area contributed by atoms with Crippen molar-refractivity contribution in [3.05, 3.63) is 77.4 Å². The maximum Gasteiger partial charge on any atom is 0.289 e. The highest BCUT2D eigenvalue weighted by Gasteiger charge is 2.30. The number of ether oxygens (including phenoxy) is 1. The summed E-state index contributed by atoms with van der Waals surface area (Å²) in [7, 11) is 1.77. The van der Waals surface area contributed by atoms with Gasteiger partial charge in [0.1, 0.15) is 5.75 Å². The molecule has 1 heterocycles. The molecule has 0 aliphatic carbocycles. The molecule has 0 spiro atoms. The Bertz CT molecular complexity index is 1190. The molecule has 6 nitrogen and oxygen atoms in total. The number of thioether (sulfide) groups is 1. The van der Waals surface area contributed by atoms with Crippen LogP contribution in [0.15, 0.2) is 60.7 Å². The Balaban J connectivity index is 1.56. The van der Waals surface area contributed by atoms with Gasteiger partial charge >= 0.3 is 0 Å². The third-order valence-corrected chi connectivity index (χ3v) is 6.42. The Morgan fingerprint density at radius 2 is 1.91 bits per heavy atom. The van der Waals surface area contributed by atoms with E-state index in [9.17, 15) is 14.4 Å². The summed E-state index contributed by atoms with van der Waals surface area (Å²) in [5.74, 6) is 0.620. The number of benzene rings is 3. The molecule has 1 aliphatic heterocycles. The number of carbonyl (C=O) groups excluding carboxylic acids is 3. The SMILES string of the molecule is CCCOc1ccc2ccccc2c1CN(C)C(=O)c1cccc(CN2C(=O)CSC2=O)c1. The summed E-state index contributed by atoms with van der Waals surface area (Å²) in [5.41, 5.74) is 2.23. The maximum absolute atomic E-state index is 13.3. The maximum atomic E-state index is 13.3. The van der Waals surface area contributed by atoms with Crippen molar-refractivity contribution in [2.45, 2.75) is 26.4 Å². The lowest BCUT2D eigenvalue weighted by Gasteiger charge is -2.21. The van der Waals surface area contributed by atoms with Crippen LogP contribution >= 0.6 is 11.8 Å². The van der Waals surface area contributed by atoms with Crippen LogP contribution in [0.1, 0.15) is 34.8 Å². The number of rotatable bonds is 8. The summed E-state index contributed by atoms with van der Waals surface area (Å²) >= 11 is 1.01. The van der Waals surface area contributed by atoms with Crippen molar-refractivity contribution in [1.29, 1.82) is 0 Å². The molecule has 4 rings (SSSR count). The van der Waals surface area contributed by atoms with Crippen molar-refractivity contribution < 1.29 is 19.1 Å². The molecule has 0 atom stereocenters. The van der Waals surface area contributed by atoms with E-state index in [0.717, 1.165) is 45.8 Å². The quantitative estimate of drug-likeness (QED) is 0.466. The van der Waals surface area contributed by atoms with Crippen LogP contribution in [0.2, 0.25) is 0 Å². The fraction of sp³-hybridized carbons (Fsp3) is 0.269. The second kappa shape index (κ2) is 10.1. The third-order valence-electron chi connectivity index (χ3n) is 5.56. The van der Waals surface area contributed by atoms with Crippen molar-refractivity contribution in [2.24, 2.45) is 0 Å². The van der Waals surface area contributed by atoms with E-state index in [1.165, 1.54) is 4.90 Å². The molecule has 1 saturated heterocycles. The van der Waals surface area contributed by atoms with Crippen LogP contribution in [0, 0.1) is 0 Å². The zero-order valence-electron chi connectivity index (χ0n) is 18.7. The van der Waals surface area contributed by atoms with E-state index in [2.05, 4.69) is 6.92 Å². The zero-order chi connectivity index (χ0) is 23.4. The van der Waals surface area contributed by atoms with E-state index < -0.39 is 0 Å². The first-order valence-corrected chi connectivity index (χ1v) is 11.9. The van der Waals surface area contributed by atoms with Gasteiger partial charge in [-0.2, -0.15) is 0 Å². The zero-order valence-corrected chi connectivity index (χ0v) is 19.6. The Kier molecular flexibility index (Phi) is 6.99. The summed E-state index contributed by atoms with van der Waals surface area (Å²) in [5, 5.41) is 1.91. The molecule has 0 N–H and O–H groups in total. The average Bonchev–Trinajstić information content (AvgIpc) is 3.15. The number of carbonyl (C=O) groups is 3. The van der Waals surface area contributed by atoms with Gasteiger partial charge in [-0.05, 0) is 41.0 Å². The molecule has 33 heavy (non-hydrogen) atoms. The molecule has 7 heteroatoms.